The van der Waals surface area contributed by atoms with E-state index in [2.05, 4.69) is 18.2 Å². The zero-order valence-electron chi connectivity index (χ0n) is 14.7. The zero-order chi connectivity index (χ0) is 17.8. The van der Waals surface area contributed by atoms with Gasteiger partial charge in [0.25, 0.3) is 0 Å². The van der Waals surface area contributed by atoms with Gasteiger partial charge in [0, 0.05) is 22.6 Å². The highest BCUT2D eigenvalue weighted by atomic mass is 35.5. The Morgan fingerprint density at radius 3 is 2.84 bits per heavy atom. The van der Waals surface area contributed by atoms with E-state index in [-0.39, 0.29) is 16.6 Å². The van der Waals surface area contributed by atoms with Gasteiger partial charge < -0.3 is 5.11 Å². The molecule has 0 saturated heterocycles. The summed E-state index contributed by atoms with van der Waals surface area (Å²) in [6.45, 7) is 2.16. The van der Waals surface area contributed by atoms with Crippen LogP contribution in [-0.2, 0) is 4.79 Å². The second kappa shape index (κ2) is 6.29. The Morgan fingerprint density at radius 2 is 2.12 bits per heavy atom. The molecule has 0 radical (unpaired) electrons. The minimum atomic E-state index is -1.01. The quantitative estimate of drug-likeness (QED) is 0.530. The number of hydrogen-bond acceptors (Lipinski definition) is 2. The number of ketones is 1. The van der Waals surface area contributed by atoms with Gasteiger partial charge >= 0.3 is 0 Å². The van der Waals surface area contributed by atoms with Crippen LogP contribution < -0.4 is 0 Å². The smallest absolute Gasteiger partial charge is 0.155 e. The average Bonchev–Trinajstić information content (AvgIpc) is 2.87. The highest BCUT2D eigenvalue weighted by Crippen LogP contribution is 2.66. The number of fused-ring (bicyclic) bond motifs is 5. The molecule has 25 heavy (non-hydrogen) atoms. The van der Waals surface area contributed by atoms with Crippen molar-refractivity contribution in [2.75, 3.05) is 0 Å². The van der Waals surface area contributed by atoms with Crippen molar-refractivity contribution in [1.29, 1.82) is 0 Å². The van der Waals surface area contributed by atoms with E-state index in [0.717, 1.165) is 38.5 Å². The molecular weight excluding hydrogens is 355 g/mol. The Kier molecular flexibility index (Phi) is 4.51. The number of allylic oxidation sites excluding steroid dienone is 1. The van der Waals surface area contributed by atoms with Crippen LogP contribution in [0.15, 0.2) is 11.6 Å². The number of hydrogen-bond donors (Lipinski definition) is 1. The fourth-order valence-corrected chi connectivity index (χ4v) is 7.76. The van der Waals surface area contributed by atoms with Crippen LogP contribution >= 0.6 is 23.2 Å². The number of carbonyl (C=O) groups is 1. The van der Waals surface area contributed by atoms with Gasteiger partial charge in [-0.3, -0.25) is 4.79 Å². The summed E-state index contributed by atoms with van der Waals surface area (Å²) in [4.78, 5) is 11.8. The summed E-state index contributed by atoms with van der Waals surface area (Å²) in [6.07, 6.45) is 9.00. The van der Waals surface area contributed by atoms with Gasteiger partial charge in [-0.15, -0.1) is 11.6 Å². The third-order valence-corrected chi connectivity index (χ3v) is 8.52. The van der Waals surface area contributed by atoms with Crippen LogP contribution in [-0.4, -0.2) is 21.9 Å². The molecule has 4 aliphatic carbocycles. The summed E-state index contributed by atoms with van der Waals surface area (Å²) in [5.74, 6) is 5.11. The fourth-order valence-electron chi connectivity index (χ4n) is 6.97. The molecule has 7 atom stereocenters. The lowest BCUT2D eigenvalue weighted by Gasteiger charge is -2.57. The second-order valence-corrected chi connectivity index (χ2v) is 9.31. The number of carbonyl (C=O) groups excluding carboxylic acids is 1. The van der Waals surface area contributed by atoms with Crippen LogP contribution in [0.25, 0.3) is 0 Å². The van der Waals surface area contributed by atoms with Gasteiger partial charge in [-0.1, -0.05) is 18.4 Å². The van der Waals surface area contributed by atoms with E-state index in [4.69, 9.17) is 23.2 Å². The molecule has 2 nitrogen and oxygen atoms in total. The number of rotatable bonds is 1. The Bertz CT molecular complexity index is 675. The molecule has 4 aliphatic rings. The Hall–Kier alpha value is -0.490. The average molecular weight is 381 g/mol. The van der Waals surface area contributed by atoms with Crippen molar-refractivity contribution in [2.45, 2.75) is 69.3 Å². The fraction of sp³-hybridized carbons (Fsp3) is 0.762. The Labute approximate surface area is 160 Å². The van der Waals surface area contributed by atoms with Crippen molar-refractivity contribution >= 4 is 29.0 Å². The molecule has 0 unspecified atom stereocenters. The molecule has 4 heteroatoms. The number of halogens is 2. The summed E-state index contributed by atoms with van der Waals surface area (Å²) in [7, 11) is 0. The molecule has 0 heterocycles. The summed E-state index contributed by atoms with van der Waals surface area (Å²) in [6, 6.07) is 0. The predicted molar refractivity (Wildman–Crippen MR) is 100 cm³/mol. The van der Waals surface area contributed by atoms with Crippen molar-refractivity contribution in [2.24, 2.45) is 29.1 Å². The van der Waals surface area contributed by atoms with E-state index in [9.17, 15) is 9.90 Å². The summed E-state index contributed by atoms with van der Waals surface area (Å²) >= 11 is 12.7. The van der Waals surface area contributed by atoms with Crippen LogP contribution in [0.1, 0.15) is 58.3 Å². The maximum absolute atomic E-state index is 11.8. The van der Waals surface area contributed by atoms with Gasteiger partial charge in [0.05, 0.1) is 0 Å². The van der Waals surface area contributed by atoms with Crippen molar-refractivity contribution in [3.05, 3.63) is 11.6 Å². The highest BCUT2D eigenvalue weighted by Gasteiger charge is 2.65. The van der Waals surface area contributed by atoms with E-state index in [1.807, 2.05) is 6.08 Å². The van der Waals surface area contributed by atoms with Gasteiger partial charge in [-0.25, -0.2) is 0 Å². The lowest BCUT2D eigenvalue weighted by atomic mass is 9.49. The first-order valence-corrected chi connectivity index (χ1v) is 10.5. The Balaban J connectivity index is 1.72. The summed E-state index contributed by atoms with van der Waals surface area (Å²) < 4.78 is 0. The van der Waals surface area contributed by atoms with E-state index in [1.54, 1.807) is 0 Å². The molecule has 0 aliphatic heterocycles. The van der Waals surface area contributed by atoms with E-state index >= 15 is 0 Å². The molecule has 4 rings (SSSR count). The topological polar surface area (TPSA) is 37.3 Å². The lowest BCUT2D eigenvalue weighted by molar-refractivity contribution is -0.117. The van der Waals surface area contributed by atoms with E-state index in [1.165, 1.54) is 5.57 Å². The normalized spacial score (nSPS) is 48.6. The summed E-state index contributed by atoms with van der Waals surface area (Å²) in [5.41, 5.74) is 0.0833. The van der Waals surface area contributed by atoms with Crippen molar-refractivity contribution in [3.8, 4) is 11.3 Å². The molecule has 0 aromatic carbocycles. The molecule has 1 N–H and O–H groups in total. The van der Waals surface area contributed by atoms with Gasteiger partial charge in [-0.2, -0.15) is 0 Å². The first-order chi connectivity index (χ1) is 12.0. The first-order valence-electron chi connectivity index (χ1n) is 9.68. The molecule has 0 aromatic heterocycles. The lowest BCUT2D eigenvalue weighted by Crippen LogP contribution is -2.57. The molecule has 0 bridgehead atoms. The number of aliphatic hydroxyl groups is 1. The second-order valence-electron chi connectivity index (χ2n) is 8.57. The maximum Gasteiger partial charge on any atom is 0.155 e. The summed E-state index contributed by atoms with van der Waals surface area (Å²) in [5, 5.41) is 13.8. The van der Waals surface area contributed by atoms with Crippen molar-refractivity contribution in [1.82, 2.24) is 0 Å². The third kappa shape index (κ3) is 2.46. The van der Waals surface area contributed by atoms with Crippen LogP contribution in [0.5, 0.6) is 0 Å². The van der Waals surface area contributed by atoms with Gasteiger partial charge in [0.1, 0.15) is 5.60 Å². The standard InChI is InChI=1S/C21H26Cl2O2/c1-2-20-12-18(23)19-15-6-4-14(24)11-13(15)3-5-16(19)17(20)7-8-21(20,25)9-10-22/h11,15-19,25H,2-8,12H2,1H3/t15-,16-,17-,18-,19+,20-,21+/m0/s1. The van der Waals surface area contributed by atoms with Crippen LogP contribution in [0, 0.1) is 40.4 Å². The molecule has 0 aromatic rings. The number of alkyl halides is 1. The van der Waals surface area contributed by atoms with Crippen LogP contribution in [0.2, 0.25) is 0 Å². The van der Waals surface area contributed by atoms with Gasteiger partial charge in [-0.05, 0) is 86.3 Å². The van der Waals surface area contributed by atoms with Crippen molar-refractivity contribution < 1.29 is 9.90 Å². The highest BCUT2D eigenvalue weighted by molar-refractivity contribution is 6.30. The monoisotopic (exact) mass is 380 g/mol. The molecular formula is C21H26Cl2O2. The van der Waals surface area contributed by atoms with Gasteiger partial charge in [0.2, 0.25) is 0 Å². The minimum absolute atomic E-state index is 0.0323. The van der Waals surface area contributed by atoms with Crippen LogP contribution in [0.3, 0.4) is 0 Å². The van der Waals surface area contributed by atoms with Gasteiger partial charge in [0.15, 0.2) is 5.78 Å². The SMILES string of the molecule is CC[C@]12C[C@H](Cl)[C@H]3[C@@H](CCC4=CC(=O)CC[C@@H]43)[C@@H]1CC[C@@]2(O)C#CCl. The zero-order valence-corrected chi connectivity index (χ0v) is 16.2. The van der Waals surface area contributed by atoms with E-state index in [0.29, 0.717) is 36.5 Å². The third-order valence-electron chi connectivity index (χ3n) is 7.98. The largest absolute Gasteiger partial charge is 0.377 e. The maximum atomic E-state index is 11.8. The van der Waals surface area contributed by atoms with Crippen LogP contribution in [0.4, 0.5) is 0 Å². The van der Waals surface area contributed by atoms with E-state index < -0.39 is 5.60 Å². The molecule has 0 spiro atoms. The minimum Gasteiger partial charge on any atom is -0.377 e. The predicted octanol–water partition coefficient (Wildman–Crippen LogP) is 4.67. The van der Waals surface area contributed by atoms with Crippen molar-refractivity contribution in [3.63, 3.8) is 0 Å². The first kappa shape index (κ1) is 17.9. The molecule has 0 amide bonds. The molecule has 136 valence electrons. The molecule has 3 saturated carbocycles. The Morgan fingerprint density at radius 1 is 1.32 bits per heavy atom. The molecule has 3 fully saturated rings.